The number of aromatic nitrogens is 2. The number of fused-ring (bicyclic) bond motifs is 3. The third kappa shape index (κ3) is 5.12. The smallest absolute Gasteiger partial charge is 0.268 e. The third-order valence-electron chi connectivity index (χ3n) is 8.37. The number of anilines is 4. The number of aromatic amines is 1. The Bertz CT molecular complexity index is 1960. The summed E-state index contributed by atoms with van der Waals surface area (Å²) in [6.45, 7) is 0.276. The minimum Gasteiger partial charge on any atom is -0.497 e. The minimum absolute atomic E-state index is 0.0849. The predicted octanol–water partition coefficient (Wildman–Crippen LogP) is 6.04. The second-order valence-electron chi connectivity index (χ2n) is 11.1. The van der Waals surface area contributed by atoms with Crippen molar-refractivity contribution in [1.29, 1.82) is 0 Å². The highest BCUT2D eigenvalue weighted by molar-refractivity contribution is 6.35. The molecule has 9 nitrogen and oxygen atoms in total. The zero-order chi connectivity index (χ0) is 30.9. The number of H-pyrrole nitrogens is 1. The molecule has 0 spiro atoms. The van der Waals surface area contributed by atoms with Crippen molar-refractivity contribution in [2.24, 2.45) is 0 Å². The molecular formula is C36H31N5O4. The first kappa shape index (κ1) is 28.1. The lowest BCUT2D eigenvalue weighted by Crippen LogP contribution is -2.44. The van der Waals surface area contributed by atoms with E-state index >= 15 is 0 Å². The summed E-state index contributed by atoms with van der Waals surface area (Å²) in [6.07, 6.45) is 4.13. The van der Waals surface area contributed by atoms with Crippen LogP contribution in [0.25, 0.3) is 17.0 Å². The maximum atomic E-state index is 14.6. The van der Waals surface area contributed by atoms with Crippen molar-refractivity contribution in [1.82, 2.24) is 10.2 Å². The zero-order valence-electron chi connectivity index (χ0n) is 24.8. The van der Waals surface area contributed by atoms with Gasteiger partial charge in [0.1, 0.15) is 17.9 Å². The van der Waals surface area contributed by atoms with E-state index in [1.165, 1.54) is 9.80 Å². The summed E-state index contributed by atoms with van der Waals surface area (Å²) in [5.41, 5.74) is 4.58. The van der Waals surface area contributed by atoms with Gasteiger partial charge in [-0.25, -0.2) is 0 Å². The molecule has 0 radical (unpaired) electrons. The molecule has 2 aliphatic rings. The van der Waals surface area contributed by atoms with Gasteiger partial charge in [0, 0.05) is 23.3 Å². The Labute approximate surface area is 260 Å². The molecule has 0 fully saturated rings. The monoisotopic (exact) mass is 597 g/mol. The number of methoxy groups -OCH3 is 1. The van der Waals surface area contributed by atoms with Crippen molar-refractivity contribution in [2.45, 2.75) is 19.3 Å². The van der Waals surface area contributed by atoms with Crippen molar-refractivity contribution >= 4 is 57.5 Å². The number of nitrogens with zero attached hydrogens (tertiary/aromatic N) is 4. The van der Waals surface area contributed by atoms with E-state index in [2.05, 4.69) is 10.2 Å². The average Bonchev–Trinajstić information content (AvgIpc) is 3.32. The summed E-state index contributed by atoms with van der Waals surface area (Å²) in [7, 11) is 1.63. The average molecular weight is 598 g/mol. The first-order valence-electron chi connectivity index (χ1n) is 15.0. The number of para-hydroxylation sites is 4. The van der Waals surface area contributed by atoms with Gasteiger partial charge in [-0.2, -0.15) is 5.10 Å². The SMILES string of the molecule is COc1ccc2c(c1)CCCCN2C(=O)CN1C(=O)C(=Cc2[nH]nc3ccccc23)C(=O)N(c2ccccc2)c2ccccc21. The number of carbonyl (C=O) groups is 3. The van der Waals surface area contributed by atoms with Crippen LogP contribution < -0.4 is 19.4 Å². The molecule has 0 unspecified atom stereocenters. The van der Waals surface area contributed by atoms with Gasteiger partial charge in [0.25, 0.3) is 11.8 Å². The summed E-state index contributed by atoms with van der Waals surface area (Å²) in [5, 5.41) is 8.11. The van der Waals surface area contributed by atoms with Crippen molar-refractivity contribution in [3.05, 3.63) is 114 Å². The van der Waals surface area contributed by atoms with Crippen molar-refractivity contribution in [3.8, 4) is 5.75 Å². The summed E-state index contributed by atoms with van der Waals surface area (Å²) in [5.74, 6) is -0.569. The molecule has 0 saturated carbocycles. The fourth-order valence-electron chi connectivity index (χ4n) is 6.14. The van der Waals surface area contributed by atoms with E-state index in [9.17, 15) is 14.4 Å². The van der Waals surface area contributed by atoms with Crippen LogP contribution in [0.2, 0.25) is 0 Å². The maximum Gasteiger partial charge on any atom is 0.268 e. The van der Waals surface area contributed by atoms with Gasteiger partial charge in [-0.3, -0.25) is 29.3 Å². The lowest BCUT2D eigenvalue weighted by atomic mass is 10.1. The molecule has 224 valence electrons. The Morgan fingerprint density at radius 2 is 1.62 bits per heavy atom. The van der Waals surface area contributed by atoms with Gasteiger partial charge >= 0.3 is 0 Å². The fraction of sp³-hybridized carbons (Fsp3) is 0.167. The number of ether oxygens (including phenoxy) is 1. The lowest BCUT2D eigenvalue weighted by molar-refractivity contribution is -0.123. The van der Waals surface area contributed by atoms with Crippen LogP contribution in [0.3, 0.4) is 0 Å². The first-order valence-corrected chi connectivity index (χ1v) is 15.0. The van der Waals surface area contributed by atoms with Crippen molar-refractivity contribution in [3.63, 3.8) is 0 Å². The van der Waals surface area contributed by atoms with Crippen LogP contribution in [-0.4, -0.2) is 48.1 Å². The Morgan fingerprint density at radius 3 is 2.44 bits per heavy atom. The summed E-state index contributed by atoms with van der Waals surface area (Å²) in [6, 6.07) is 29.6. The quantitative estimate of drug-likeness (QED) is 0.197. The Balaban J connectivity index is 1.35. The fourth-order valence-corrected chi connectivity index (χ4v) is 6.14. The van der Waals surface area contributed by atoms with Gasteiger partial charge in [-0.05, 0) is 79.4 Å². The van der Waals surface area contributed by atoms with E-state index in [-0.39, 0.29) is 18.0 Å². The van der Waals surface area contributed by atoms with Crippen molar-refractivity contribution in [2.75, 3.05) is 34.9 Å². The molecule has 1 N–H and O–H groups in total. The number of benzene rings is 4. The normalized spacial score (nSPS) is 15.9. The number of hydrogen-bond acceptors (Lipinski definition) is 5. The predicted molar refractivity (Wildman–Crippen MR) is 175 cm³/mol. The van der Waals surface area contributed by atoms with Crippen LogP contribution in [0.1, 0.15) is 24.1 Å². The maximum absolute atomic E-state index is 14.6. The lowest BCUT2D eigenvalue weighted by Gasteiger charge is -2.28. The van der Waals surface area contributed by atoms with Crippen LogP contribution in [0.5, 0.6) is 5.75 Å². The number of rotatable bonds is 5. The van der Waals surface area contributed by atoms with Crippen LogP contribution in [0.4, 0.5) is 22.7 Å². The molecule has 4 aromatic carbocycles. The van der Waals surface area contributed by atoms with Gasteiger partial charge in [0.05, 0.1) is 29.7 Å². The van der Waals surface area contributed by atoms with Gasteiger partial charge in [-0.1, -0.05) is 48.5 Å². The van der Waals surface area contributed by atoms with Gasteiger partial charge in [0.2, 0.25) is 5.91 Å². The van der Waals surface area contributed by atoms with Crippen molar-refractivity contribution < 1.29 is 19.1 Å². The molecule has 0 atom stereocenters. The Kier molecular flexibility index (Phi) is 7.34. The molecule has 0 saturated heterocycles. The molecule has 9 heteroatoms. The van der Waals surface area contributed by atoms with E-state index in [4.69, 9.17) is 4.74 Å². The highest BCUT2D eigenvalue weighted by Gasteiger charge is 2.38. The van der Waals surface area contributed by atoms with Gasteiger partial charge in [-0.15, -0.1) is 0 Å². The number of hydrogen-bond donors (Lipinski definition) is 1. The molecule has 3 amide bonds. The molecule has 45 heavy (non-hydrogen) atoms. The van der Waals surface area contributed by atoms with Crippen LogP contribution >= 0.6 is 0 Å². The van der Waals surface area contributed by atoms with Gasteiger partial charge in [0.15, 0.2) is 0 Å². The summed E-state index contributed by atoms with van der Waals surface area (Å²) in [4.78, 5) is 47.9. The molecule has 3 heterocycles. The Hall–Kier alpha value is -5.70. The highest BCUT2D eigenvalue weighted by Crippen LogP contribution is 2.40. The molecule has 7 rings (SSSR count). The molecule has 1 aromatic heterocycles. The van der Waals surface area contributed by atoms with E-state index in [1.54, 1.807) is 30.2 Å². The van der Waals surface area contributed by atoms with E-state index in [0.29, 0.717) is 34.8 Å². The molecule has 0 bridgehead atoms. The first-order chi connectivity index (χ1) is 22.0. The third-order valence-corrected chi connectivity index (χ3v) is 8.37. The topological polar surface area (TPSA) is 98.8 Å². The molecule has 5 aromatic rings. The largest absolute Gasteiger partial charge is 0.497 e. The molecule has 0 aliphatic carbocycles. The number of amides is 3. The number of nitrogens with one attached hydrogen (secondary N) is 1. The molecule has 2 aliphatic heterocycles. The summed E-state index contributed by atoms with van der Waals surface area (Å²) < 4.78 is 5.44. The highest BCUT2D eigenvalue weighted by atomic mass is 16.5. The van der Waals surface area contributed by atoms with Gasteiger partial charge < -0.3 is 9.64 Å². The van der Waals surface area contributed by atoms with Crippen LogP contribution in [0, 0.1) is 0 Å². The standard InChI is InChI=1S/C36H31N5O4/c1-45-26-18-19-31-24(21-26)11-9-10-20-39(31)34(42)23-40-32-16-7-8-17-33(32)41(25-12-3-2-4-13-25)36(44)28(35(40)43)22-30-27-14-5-6-15-29(27)37-38-30/h2-8,12-19,21-22H,9-11,20,23H2,1H3,(H,37,38). The van der Waals surface area contributed by atoms with E-state index in [0.717, 1.165) is 41.6 Å². The van der Waals surface area contributed by atoms with Crippen LogP contribution in [0.15, 0.2) is 103 Å². The van der Waals surface area contributed by atoms with E-state index in [1.807, 2.05) is 84.9 Å². The number of aryl methyl sites for hydroxylation is 1. The van der Waals surface area contributed by atoms with Crippen LogP contribution in [-0.2, 0) is 20.8 Å². The van der Waals surface area contributed by atoms with E-state index < -0.39 is 11.8 Å². The minimum atomic E-state index is -0.567. The second kappa shape index (κ2) is 11.8. The number of carbonyl (C=O) groups excluding carboxylic acids is 3. The molecular weight excluding hydrogens is 566 g/mol. The Morgan fingerprint density at radius 1 is 0.867 bits per heavy atom. The second-order valence-corrected chi connectivity index (χ2v) is 11.1. The zero-order valence-corrected chi connectivity index (χ0v) is 24.8. The summed E-state index contributed by atoms with van der Waals surface area (Å²) >= 11 is 0.